The summed E-state index contributed by atoms with van der Waals surface area (Å²) in [5, 5.41) is 0. The maximum Gasteiger partial charge on any atom is 0.107 e. The lowest BCUT2D eigenvalue weighted by Gasteiger charge is -2.26. The van der Waals surface area contributed by atoms with E-state index in [1.165, 1.54) is 36.3 Å². The highest BCUT2D eigenvalue weighted by Gasteiger charge is 2.17. The van der Waals surface area contributed by atoms with Gasteiger partial charge in [-0.2, -0.15) is 0 Å². The highest BCUT2D eigenvalue weighted by Crippen LogP contribution is 2.31. The van der Waals surface area contributed by atoms with Crippen LogP contribution in [0.25, 0.3) is 0 Å². The van der Waals surface area contributed by atoms with Crippen LogP contribution in [0.2, 0.25) is 0 Å². The van der Waals surface area contributed by atoms with Crippen molar-refractivity contribution in [3.8, 4) is 0 Å². The Hall–Kier alpha value is -0.740. The average molecular weight is 280 g/mol. The number of thioether (sulfide) groups is 1. The molecule has 0 aromatic heterocycles. The summed E-state index contributed by atoms with van der Waals surface area (Å²) in [6, 6.07) is 6.36. The molecular formula is C14H20N2S2. The van der Waals surface area contributed by atoms with E-state index < -0.39 is 0 Å². The quantitative estimate of drug-likeness (QED) is 0.678. The lowest BCUT2D eigenvalue weighted by atomic mass is 10.1. The molecule has 4 heteroatoms. The van der Waals surface area contributed by atoms with Crippen molar-refractivity contribution in [2.24, 2.45) is 5.73 Å². The molecule has 0 bridgehead atoms. The van der Waals surface area contributed by atoms with Gasteiger partial charge in [-0.05, 0) is 31.2 Å². The maximum atomic E-state index is 5.93. The highest BCUT2D eigenvalue weighted by atomic mass is 32.2. The number of nitrogens with zero attached hydrogens (tertiary/aromatic N) is 1. The van der Waals surface area contributed by atoms with Gasteiger partial charge in [0, 0.05) is 29.2 Å². The molecule has 2 rings (SSSR count). The molecule has 1 saturated heterocycles. The molecular weight excluding hydrogens is 260 g/mol. The fraction of sp³-hybridized carbons (Fsp3) is 0.500. The molecule has 1 heterocycles. The first-order valence-electron chi connectivity index (χ1n) is 6.46. The molecule has 1 aromatic carbocycles. The molecule has 0 atom stereocenters. The second-order valence-electron chi connectivity index (χ2n) is 4.62. The number of hydrogen-bond acceptors (Lipinski definition) is 3. The van der Waals surface area contributed by atoms with Gasteiger partial charge in [-0.1, -0.05) is 31.1 Å². The molecule has 0 aliphatic carbocycles. The zero-order valence-electron chi connectivity index (χ0n) is 10.8. The summed E-state index contributed by atoms with van der Waals surface area (Å²) in [5.41, 5.74) is 8.20. The van der Waals surface area contributed by atoms with Crippen molar-refractivity contribution in [1.82, 2.24) is 0 Å². The minimum atomic E-state index is 0.513. The van der Waals surface area contributed by atoms with Gasteiger partial charge >= 0.3 is 0 Å². The van der Waals surface area contributed by atoms with Crippen LogP contribution in [0.15, 0.2) is 23.1 Å². The van der Waals surface area contributed by atoms with Crippen LogP contribution >= 0.6 is 24.0 Å². The monoisotopic (exact) mass is 280 g/mol. The van der Waals surface area contributed by atoms with Crippen molar-refractivity contribution in [2.75, 3.05) is 24.2 Å². The van der Waals surface area contributed by atoms with Crippen molar-refractivity contribution in [2.45, 2.75) is 30.6 Å². The van der Waals surface area contributed by atoms with E-state index >= 15 is 0 Å². The van der Waals surface area contributed by atoms with Gasteiger partial charge in [-0.15, -0.1) is 11.8 Å². The fourth-order valence-corrected chi connectivity index (χ4v) is 3.42. The van der Waals surface area contributed by atoms with Crippen LogP contribution in [-0.2, 0) is 0 Å². The van der Waals surface area contributed by atoms with Gasteiger partial charge in [0.2, 0.25) is 0 Å². The predicted molar refractivity (Wildman–Crippen MR) is 84.8 cm³/mol. The van der Waals surface area contributed by atoms with Crippen LogP contribution in [0.1, 0.15) is 31.2 Å². The van der Waals surface area contributed by atoms with Gasteiger partial charge in [0.25, 0.3) is 0 Å². The summed E-state index contributed by atoms with van der Waals surface area (Å²) in [6.45, 7) is 2.24. The number of anilines is 1. The zero-order valence-corrected chi connectivity index (χ0v) is 12.4. The first kappa shape index (κ1) is 13.7. The van der Waals surface area contributed by atoms with Crippen LogP contribution in [-0.4, -0.2) is 24.3 Å². The van der Waals surface area contributed by atoms with Crippen LogP contribution in [0.4, 0.5) is 5.69 Å². The average Bonchev–Trinajstić information content (AvgIpc) is 2.66. The van der Waals surface area contributed by atoms with E-state index in [0.29, 0.717) is 4.99 Å². The lowest BCUT2D eigenvalue weighted by molar-refractivity contribution is 0.726. The molecule has 18 heavy (non-hydrogen) atoms. The minimum absolute atomic E-state index is 0.513. The van der Waals surface area contributed by atoms with Gasteiger partial charge < -0.3 is 10.6 Å². The maximum absolute atomic E-state index is 5.93. The van der Waals surface area contributed by atoms with E-state index in [-0.39, 0.29) is 0 Å². The first-order valence-corrected chi connectivity index (χ1v) is 8.09. The summed E-state index contributed by atoms with van der Waals surface area (Å²) in [7, 11) is 0. The predicted octanol–water partition coefficient (Wildman–Crippen LogP) is 3.42. The van der Waals surface area contributed by atoms with Crippen molar-refractivity contribution in [1.29, 1.82) is 0 Å². The van der Waals surface area contributed by atoms with Crippen molar-refractivity contribution >= 4 is 34.7 Å². The van der Waals surface area contributed by atoms with E-state index in [4.69, 9.17) is 18.0 Å². The van der Waals surface area contributed by atoms with Crippen LogP contribution in [0, 0.1) is 0 Å². The summed E-state index contributed by atoms with van der Waals surface area (Å²) >= 11 is 6.96. The molecule has 2 nitrogen and oxygen atoms in total. The Labute approximate surface area is 119 Å². The van der Waals surface area contributed by atoms with Gasteiger partial charge in [0.05, 0.1) is 0 Å². The Kier molecular flexibility index (Phi) is 4.89. The number of nitrogens with two attached hydrogens (primary N) is 1. The lowest BCUT2D eigenvalue weighted by Crippen LogP contribution is -2.27. The van der Waals surface area contributed by atoms with Crippen LogP contribution < -0.4 is 10.6 Å². The van der Waals surface area contributed by atoms with Gasteiger partial charge in [0.15, 0.2) is 0 Å². The molecule has 0 radical (unpaired) electrons. The normalized spacial score (nSPS) is 16.4. The smallest absolute Gasteiger partial charge is 0.107 e. The van der Waals surface area contributed by atoms with Crippen LogP contribution in [0.3, 0.4) is 0 Å². The molecule has 2 N–H and O–H groups in total. The standard InChI is InChI=1S/C14H20N2S2/c1-18-12-8-6-7-11(13(12)14(15)17)16-9-4-2-3-5-10-16/h6-8H,2-5,9-10H2,1H3,(H2,15,17). The topological polar surface area (TPSA) is 29.3 Å². The van der Waals surface area contributed by atoms with Crippen molar-refractivity contribution in [3.63, 3.8) is 0 Å². The third kappa shape index (κ3) is 2.98. The Morgan fingerprint density at radius 2 is 1.89 bits per heavy atom. The van der Waals surface area contributed by atoms with Gasteiger partial charge in [0.1, 0.15) is 4.99 Å². The molecule has 1 aromatic rings. The van der Waals surface area contributed by atoms with E-state index in [0.717, 1.165) is 18.7 Å². The van der Waals surface area contributed by atoms with Crippen LogP contribution in [0.5, 0.6) is 0 Å². The van der Waals surface area contributed by atoms with Gasteiger partial charge in [-0.3, -0.25) is 0 Å². The Morgan fingerprint density at radius 3 is 2.44 bits per heavy atom. The Morgan fingerprint density at radius 1 is 1.22 bits per heavy atom. The molecule has 1 aliphatic heterocycles. The first-order chi connectivity index (χ1) is 8.74. The minimum Gasteiger partial charge on any atom is -0.389 e. The van der Waals surface area contributed by atoms with Gasteiger partial charge in [-0.25, -0.2) is 0 Å². The second-order valence-corrected chi connectivity index (χ2v) is 5.91. The molecule has 0 unspecified atom stereocenters. The summed E-state index contributed by atoms with van der Waals surface area (Å²) in [6.07, 6.45) is 7.27. The molecule has 0 amide bonds. The highest BCUT2D eigenvalue weighted by molar-refractivity contribution is 7.98. The van der Waals surface area contributed by atoms with Crippen molar-refractivity contribution in [3.05, 3.63) is 23.8 Å². The fourth-order valence-electron chi connectivity index (χ4n) is 2.51. The van der Waals surface area contributed by atoms with E-state index in [9.17, 15) is 0 Å². The number of thiocarbonyl (C=S) groups is 1. The molecule has 98 valence electrons. The van der Waals surface area contributed by atoms with E-state index in [1.807, 2.05) is 0 Å². The summed E-state index contributed by atoms with van der Waals surface area (Å²) in [5.74, 6) is 0. The molecule has 0 spiro atoms. The Bertz CT molecular complexity index is 424. The molecule has 0 saturated carbocycles. The van der Waals surface area contributed by atoms with E-state index in [2.05, 4.69) is 29.4 Å². The molecule has 1 fully saturated rings. The molecule has 1 aliphatic rings. The summed E-state index contributed by atoms with van der Waals surface area (Å²) < 4.78 is 0. The zero-order chi connectivity index (χ0) is 13.0. The third-order valence-electron chi connectivity index (χ3n) is 3.42. The number of benzene rings is 1. The largest absolute Gasteiger partial charge is 0.389 e. The third-order valence-corrected chi connectivity index (χ3v) is 4.40. The van der Waals surface area contributed by atoms with Crippen molar-refractivity contribution < 1.29 is 0 Å². The summed E-state index contributed by atoms with van der Waals surface area (Å²) in [4.78, 5) is 4.14. The van der Waals surface area contributed by atoms with E-state index in [1.54, 1.807) is 11.8 Å². The number of hydrogen-bond donors (Lipinski definition) is 1. The second kappa shape index (κ2) is 6.43. The Balaban J connectivity index is 2.38. The number of rotatable bonds is 3. The SMILES string of the molecule is CSc1cccc(N2CCCCCC2)c1C(N)=S.